The molecule has 37 heavy (non-hydrogen) atoms. The smallest absolute Gasteiger partial charge is 0.353 e. The highest BCUT2D eigenvalue weighted by Gasteiger charge is 2.32. The van der Waals surface area contributed by atoms with E-state index < -0.39 is 17.8 Å². The maximum Gasteiger partial charge on any atom is 0.433 e. The van der Waals surface area contributed by atoms with Crippen LogP contribution in [-0.4, -0.2) is 41.9 Å². The number of carbonyl (C=O) groups is 1. The van der Waals surface area contributed by atoms with Gasteiger partial charge < -0.3 is 19.7 Å². The first-order chi connectivity index (χ1) is 17.7. The van der Waals surface area contributed by atoms with Crippen molar-refractivity contribution in [3.63, 3.8) is 0 Å². The standard InChI is InChI=1S/C25H23Cl2F3N4O3/c26-18-8-6-16(24(35)33-17-7-9-21(32-15-17)25(28,29)30)14-20(18)34(23-19(27)4-3-10-31-23)11-13-37-22-5-1-2-12-36-22/h3-4,6-10,14-15,22H,1-2,5,11-13H2,(H,33,35). The Kier molecular flexibility index (Phi) is 8.86. The maximum atomic E-state index is 12.9. The van der Waals surface area contributed by atoms with Crippen LogP contribution in [0.2, 0.25) is 10.0 Å². The number of pyridine rings is 2. The van der Waals surface area contributed by atoms with Gasteiger partial charge >= 0.3 is 6.18 Å². The third kappa shape index (κ3) is 7.10. The van der Waals surface area contributed by atoms with Crippen LogP contribution in [0.3, 0.4) is 0 Å². The maximum absolute atomic E-state index is 12.9. The van der Waals surface area contributed by atoms with Crippen molar-refractivity contribution < 1.29 is 27.4 Å². The molecule has 7 nitrogen and oxygen atoms in total. The van der Waals surface area contributed by atoms with Gasteiger partial charge in [-0.2, -0.15) is 13.2 Å². The highest BCUT2D eigenvalue weighted by atomic mass is 35.5. The monoisotopic (exact) mass is 554 g/mol. The van der Waals surface area contributed by atoms with Gasteiger partial charge in [-0.15, -0.1) is 0 Å². The molecule has 0 aliphatic carbocycles. The van der Waals surface area contributed by atoms with Crippen LogP contribution in [0.5, 0.6) is 0 Å². The number of hydrogen-bond acceptors (Lipinski definition) is 6. The van der Waals surface area contributed by atoms with E-state index in [4.69, 9.17) is 32.7 Å². The first-order valence-corrected chi connectivity index (χ1v) is 12.2. The quantitative estimate of drug-likeness (QED) is 0.332. The second-order valence-electron chi connectivity index (χ2n) is 8.18. The van der Waals surface area contributed by atoms with Gasteiger partial charge in [-0.1, -0.05) is 23.2 Å². The second-order valence-corrected chi connectivity index (χ2v) is 8.99. The molecule has 4 rings (SSSR count). The third-order valence-corrected chi connectivity index (χ3v) is 6.18. The number of hydrogen-bond donors (Lipinski definition) is 1. The first kappa shape index (κ1) is 27.1. The van der Waals surface area contributed by atoms with Gasteiger partial charge in [0.05, 0.1) is 34.2 Å². The summed E-state index contributed by atoms with van der Waals surface area (Å²) >= 11 is 12.9. The Morgan fingerprint density at radius 1 is 1.14 bits per heavy atom. The molecule has 1 atom stereocenters. The Labute approximate surface area is 221 Å². The predicted octanol–water partition coefficient (Wildman–Crippen LogP) is 6.74. The SMILES string of the molecule is O=C(Nc1ccc(C(F)(F)F)nc1)c1ccc(Cl)c(N(CCOC2CCCCO2)c2ncccc2Cl)c1. The van der Waals surface area contributed by atoms with E-state index in [9.17, 15) is 18.0 Å². The number of rotatable bonds is 8. The van der Waals surface area contributed by atoms with E-state index in [1.54, 1.807) is 35.4 Å². The minimum Gasteiger partial charge on any atom is -0.353 e. The molecule has 1 fully saturated rings. The Balaban J connectivity index is 1.55. The van der Waals surface area contributed by atoms with Gasteiger partial charge in [0.2, 0.25) is 0 Å². The molecular weight excluding hydrogens is 532 g/mol. The Morgan fingerprint density at radius 2 is 1.97 bits per heavy atom. The molecule has 12 heteroatoms. The van der Waals surface area contributed by atoms with Crippen molar-refractivity contribution in [1.29, 1.82) is 0 Å². The highest BCUT2D eigenvalue weighted by Crippen LogP contribution is 2.35. The molecule has 2 aromatic heterocycles. The van der Waals surface area contributed by atoms with Gasteiger partial charge in [0.15, 0.2) is 12.1 Å². The fourth-order valence-corrected chi connectivity index (χ4v) is 4.18. The normalized spacial score (nSPS) is 15.9. The lowest BCUT2D eigenvalue weighted by Gasteiger charge is -2.28. The van der Waals surface area contributed by atoms with Crippen molar-refractivity contribution in [1.82, 2.24) is 9.97 Å². The predicted molar refractivity (Wildman–Crippen MR) is 134 cm³/mol. The number of alkyl halides is 3. The van der Waals surface area contributed by atoms with Gasteiger partial charge in [-0.3, -0.25) is 4.79 Å². The third-order valence-electron chi connectivity index (χ3n) is 5.56. The highest BCUT2D eigenvalue weighted by molar-refractivity contribution is 6.35. The summed E-state index contributed by atoms with van der Waals surface area (Å²) in [6.07, 6.45) is 0.500. The van der Waals surface area contributed by atoms with Crippen LogP contribution >= 0.6 is 23.2 Å². The number of carbonyl (C=O) groups excluding carboxylic acids is 1. The summed E-state index contributed by atoms with van der Waals surface area (Å²) in [5.41, 5.74) is -0.274. The average molecular weight is 555 g/mol. The topological polar surface area (TPSA) is 76.6 Å². The molecule has 3 aromatic rings. The minimum atomic E-state index is -4.57. The minimum absolute atomic E-state index is 0.111. The Bertz CT molecular complexity index is 1220. The molecule has 0 bridgehead atoms. The van der Waals surface area contributed by atoms with Crippen molar-refractivity contribution in [3.8, 4) is 0 Å². The average Bonchev–Trinajstić information content (AvgIpc) is 2.88. The van der Waals surface area contributed by atoms with E-state index in [0.717, 1.165) is 37.6 Å². The molecule has 0 saturated carbocycles. The molecular formula is C25H23Cl2F3N4O3. The number of anilines is 3. The second kappa shape index (κ2) is 12.1. The summed E-state index contributed by atoms with van der Waals surface area (Å²) in [6, 6.07) is 9.91. The van der Waals surface area contributed by atoms with E-state index in [1.807, 2.05) is 0 Å². The number of ether oxygens (including phenoxy) is 2. The lowest BCUT2D eigenvalue weighted by molar-refractivity contribution is -0.160. The first-order valence-electron chi connectivity index (χ1n) is 11.5. The van der Waals surface area contributed by atoms with Gasteiger partial charge in [-0.05, 0) is 61.7 Å². The summed E-state index contributed by atoms with van der Waals surface area (Å²) in [5.74, 6) is -0.137. The van der Waals surface area contributed by atoms with Gasteiger partial charge in [-0.25, -0.2) is 9.97 Å². The fraction of sp³-hybridized carbons (Fsp3) is 0.320. The molecule has 1 saturated heterocycles. The number of halogens is 5. The molecule has 196 valence electrons. The van der Waals surface area contributed by atoms with Crippen LogP contribution in [0, 0.1) is 0 Å². The van der Waals surface area contributed by atoms with Crippen LogP contribution in [0.25, 0.3) is 0 Å². The molecule has 1 N–H and O–H groups in total. The number of nitrogens with zero attached hydrogens (tertiary/aromatic N) is 3. The van der Waals surface area contributed by atoms with Gasteiger partial charge in [0.25, 0.3) is 5.91 Å². The van der Waals surface area contributed by atoms with E-state index in [-0.39, 0.29) is 24.1 Å². The zero-order valence-corrected chi connectivity index (χ0v) is 21.0. The summed E-state index contributed by atoms with van der Waals surface area (Å²) in [4.78, 5) is 22.4. The van der Waals surface area contributed by atoms with Crippen molar-refractivity contribution in [2.24, 2.45) is 0 Å². The van der Waals surface area contributed by atoms with E-state index >= 15 is 0 Å². The Hall–Kier alpha value is -2.92. The molecule has 0 spiro atoms. The largest absolute Gasteiger partial charge is 0.433 e. The lowest BCUT2D eigenvalue weighted by atomic mass is 10.1. The molecule has 1 unspecified atom stereocenters. The van der Waals surface area contributed by atoms with E-state index in [1.165, 1.54) is 6.07 Å². The van der Waals surface area contributed by atoms with E-state index in [0.29, 0.717) is 34.7 Å². The van der Waals surface area contributed by atoms with Crippen molar-refractivity contribution in [2.75, 3.05) is 30.0 Å². The zero-order chi connectivity index (χ0) is 26.4. The molecule has 3 heterocycles. The summed E-state index contributed by atoms with van der Waals surface area (Å²) < 4.78 is 49.8. The summed E-state index contributed by atoms with van der Waals surface area (Å²) in [5, 5.41) is 3.26. The van der Waals surface area contributed by atoms with Crippen LogP contribution in [0.1, 0.15) is 35.3 Å². The van der Waals surface area contributed by atoms with Crippen molar-refractivity contribution in [3.05, 3.63) is 76.2 Å². The number of benzene rings is 1. The van der Waals surface area contributed by atoms with Crippen LogP contribution < -0.4 is 10.2 Å². The Morgan fingerprint density at radius 3 is 2.65 bits per heavy atom. The fourth-order valence-electron chi connectivity index (χ4n) is 3.73. The van der Waals surface area contributed by atoms with Crippen LogP contribution in [0.15, 0.2) is 54.9 Å². The van der Waals surface area contributed by atoms with E-state index in [2.05, 4.69) is 15.3 Å². The number of aromatic nitrogens is 2. The van der Waals surface area contributed by atoms with Crippen LogP contribution in [-0.2, 0) is 15.7 Å². The molecule has 1 aromatic carbocycles. The zero-order valence-electron chi connectivity index (χ0n) is 19.5. The number of amides is 1. The van der Waals surface area contributed by atoms with Gasteiger partial charge in [0.1, 0.15) is 5.69 Å². The lowest BCUT2D eigenvalue weighted by Crippen LogP contribution is -2.29. The molecule has 1 amide bonds. The molecule has 0 radical (unpaired) electrons. The summed E-state index contributed by atoms with van der Waals surface area (Å²) in [6.45, 7) is 1.24. The van der Waals surface area contributed by atoms with Gasteiger partial charge in [0, 0.05) is 24.9 Å². The van der Waals surface area contributed by atoms with Crippen molar-refractivity contribution in [2.45, 2.75) is 31.7 Å². The summed E-state index contributed by atoms with van der Waals surface area (Å²) in [7, 11) is 0. The number of nitrogens with one attached hydrogen (secondary N) is 1. The van der Waals surface area contributed by atoms with Crippen LogP contribution in [0.4, 0.5) is 30.4 Å². The molecule has 1 aliphatic heterocycles. The molecule has 1 aliphatic rings. The van der Waals surface area contributed by atoms with Crippen molar-refractivity contribution >= 4 is 46.3 Å².